The van der Waals surface area contributed by atoms with Gasteiger partial charge in [-0.2, -0.15) is 0 Å². The zero-order valence-electron chi connectivity index (χ0n) is 9.93. The number of likely N-dealkylation sites (tertiary alicyclic amines) is 1. The Morgan fingerprint density at radius 3 is 2.72 bits per heavy atom. The molecule has 18 heavy (non-hydrogen) atoms. The van der Waals surface area contributed by atoms with E-state index in [4.69, 9.17) is 0 Å². The van der Waals surface area contributed by atoms with E-state index in [1.165, 1.54) is 5.56 Å². The van der Waals surface area contributed by atoms with Gasteiger partial charge in [-0.25, -0.2) is 4.79 Å². The highest BCUT2D eigenvalue weighted by atomic mass is 16.2. The molecule has 2 aliphatic rings. The van der Waals surface area contributed by atoms with Crippen molar-refractivity contribution in [3.8, 4) is 0 Å². The summed E-state index contributed by atoms with van der Waals surface area (Å²) in [7, 11) is 0. The van der Waals surface area contributed by atoms with Gasteiger partial charge >= 0.3 is 6.03 Å². The second-order valence-electron chi connectivity index (χ2n) is 4.86. The molecular formula is C13H15N3O2. The van der Waals surface area contributed by atoms with Crippen LogP contribution in [-0.2, 0) is 11.3 Å². The standard InChI is InChI=1S/C13H15N3O2/c17-12-10-7-16(6-9-4-2-1-3-5-9)8-11(10)14-13(18)15-12/h1-5,10-11H,6-8H2,(H2,14,15,17,18)/t10-,11+/m1/s1. The number of nitrogens with zero attached hydrogens (tertiary/aromatic N) is 1. The number of carbonyl (C=O) groups excluding carboxylic acids is 2. The third-order valence-electron chi connectivity index (χ3n) is 3.53. The summed E-state index contributed by atoms with van der Waals surface area (Å²) in [5.41, 5.74) is 1.22. The lowest BCUT2D eigenvalue weighted by molar-refractivity contribution is -0.124. The topological polar surface area (TPSA) is 61.4 Å². The zero-order chi connectivity index (χ0) is 12.5. The van der Waals surface area contributed by atoms with E-state index in [0.717, 1.165) is 13.1 Å². The Morgan fingerprint density at radius 1 is 1.17 bits per heavy atom. The predicted octanol–water partition coefficient (Wildman–Crippen LogP) is 0.326. The number of hydrogen-bond donors (Lipinski definition) is 2. The molecule has 1 aromatic carbocycles. The van der Waals surface area contributed by atoms with Crippen molar-refractivity contribution in [3.63, 3.8) is 0 Å². The van der Waals surface area contributed by atoms with Gasteiger partial charge in [0.25, 0.3) is 0 Å². The summed E-state index contributed by atoms with van der Waals surface area (Å²) in [5, 5.41) is 5.13. The first-order valence-electron chi connectivity index (χ1n) is 6.10. The average Bonchev–Trinajstić information content (AvgIpc) is 2.73. The summed E-state index contributed by atoms with van der Waals surface area (Å²) in [5.74, 6) is -0.272. The van der Waals surface area contributed by atoms with Crippen molar-refractivity contribution in [3.05, 3.63) is 35.9 Å². The van der Waals surface area contributed by atoms with Crippen LogP contribution in [0.25, 0.3) is 0 Å². The molecule has 1 aromatic rings. The van der Waals surface area contributed by atoms with Crippen LogP contribution in [0, 0.1) is 5.92 Å². The maximum atomic E-state index is 11.7. The van der Waals surface area contributed by atoms with E-state index < -0.39 is 0 Å². The van der Waals surface area contributed by atoms with Gasteiger partial charge in [-0.3, -0.25) is 15.0 Å². The summed E-state index contributed by atoms with van der Waals surface area (Å²) >= 11 is 0. The van der Waals surface area contributed by atoms with Crippen LogP contribution in [0.2, 0.25) is 0 Å². The molecule has 5 nitrogen and oxygen atoms in total. The van der Waals surface area contributed by atoms with E-state index in [-0.39, 0.29) is 23.9 Å². The molecule has 0 aromatic heterocycles. The fourth-order valence-corrected chi connectivity index (χ4v) is 2.68. The summed E-state index contributed by atoms with van der Waals surface area (Å²) in [6.45, 7) is 2.25. The van der Waals surface area contributed by atoms with Crippen molar-refractivity contribution in [1.82, 2.24) is 15.5 Å². The predicted molar refractivity (Wildman–Crippen MR) is 65.7 cm³/mol. The van der Waals surface area contributed by atoms with E-state index in [0.29, 0.717) is 6.54 Å². The Hall–Kier alpha value is -1.88. The summed E-state index contributed by atoms with van der Waals surface area (Å²) < 4.78 is 0. The minimum atomic E-state index is -0.372. The normalized spacial score (nSPS) is 27.6. The van der Waals surface area contributed by atoms with E-state index in [1.54, 1.807) is 0 Å². The molecule has 3 rings (SSSR count). The number of urea groups is 1. The zero-order valence-corrected chi connectivity index (χ0v) is 9.93. The third-order valence-corrected chi connectivity index (χ3v) is 3.53. The van der Waals surface area contributed by atoms with Crippen LogP contribution >= 0.6 is 0 Å². The number of benzene rings is 1. The molecule has 2 N–H and O–H groups in total. The van der Waals surface area contributed by atoms with Crippen molar-refractivity contribution in [2.45, 2.75) is 12.6 Å². The Kier molecular flexibility index (Phi) is 2.76. The van der Waals surface area contributed by atoms with Crippen LogP contribution < -0.4 is 10.6 Å². The number of imide groups is 1. The van der Waals surface area contributed by atoms with Crippen molar-refractivity contribution < 1.29 is 9.59 Å². The Labute approximate surface area is 105 Å². The van der Waals surface area contributed by atoms with E-state index in [1.807, 2.05) is 18.2 Å². The monoisotopic (exact) mass is 245 g/mol. The van der Waals surface area contributed by atoms with Gasteiger partial charge in [0.05, 0.1) is 12.0 Å². The van der Waals surface area contributed by atoms with Crippen molar-refractivity contribution in [1.29, 1.82) is 0 Å². The number of fused-ring (bicyclic) bond motifs is 1. The molecular weight excluding hydrogens is 230 g/mol. The van der Waals surface area contributed by atoms with Gasteiger partial charge in [0.2, 0.25) is 5.91 Å². The number of nitrogens with one attached hydrogen (secondary N) is 2. The maximum absolute atomic E-state index is 11.7. The van der Waals surface area contributed by atoms with Gasteiger partial charge < -0.3 is 5.32 Å². The minimum absolute atomic E-state index is 0.0463. The largest absolute Gasteiger partial charge is 0.333 e. The molecule has 2 fully saturated rings. The second-order valence-corrected chi connectivity index (χ2v) is 4.86. The van der Waals surface area contributed by atoms with Gasteiger partial charge in [0.1, 0.15) is 0 Å². The highest BCUT2D eigenvalue weighted by Gasteiger charge is 2.42. The lowest BCUT2D eigenvalue weighted by Crippen LogP contribution is -2.57. The van der Waals surface area contributed by atoms with Crippen LogP contribution in [0.1, 0.15) is 5.56 Å². The van der Waals surface area contributed by atoms with Crippen LogP contribution in [0.5, 0.6) is 0 Å². The maximum Gasteiger partial charge on any atom is 0.321 e. The van der Waals surface area contributed by atoms with Crippen LogP contribution in [-0.4, -0.2) is 36.0 Å². The Bertz CT molecular complexity index is 474. The number of rotatable bonds is 2. The number of hydrogen-bond acceptors (Lipinski definition) is 3. The fourth-order valence-electron chi connectivity index (χ4n) is 2.68. The summed E-state index contributed by atoms with van der Waals surface area (Å²) in [6, 6.07) is 9.72. The van der Waals surface area contributed by atoms with E-state index in [9.17, 15) is 9.59 Å². The molecule has 0 bridgehead atoms. The van der Waals surface area contributed by atoms with Gasteiger partial charge in [-0.1, -0.05) is 30.3 Å². The molecule has 0 radical (unpaired) electrons. The lowest BCUT2D eigenvalue weighted by Gasteiger charge is -2.24. The van der Waals surface area contributed by atoms with Gasteiger partial charge in [0, 0.05) is 19.6 Å². The quantitative estimate of drug-likeness (QED) is 0.789. The Morgan fingerprint density at radius 2 is 1.94 bits per heavy atom. The molecule has 0 aliphatic carbocycles. The smallest absolute Gasteiger partial charge is 0.321 e. The first-order chi connectivity index (χ1) is 8.72. The minimum Gasteiger partial charge on any atom is -0.333 e. The Balaban J connectivity index is 1.68. The van der Waals surface area contributed by atoms with Gasteiger partial charge in [0.15, 0.2) is 0 Å². The second kappa shape index (κ2) is 4.42. The van der Waals surface area contributed by atoms with E-state index in [2.05, 4.69) is 27.7 Å². The van der Waals surface area contributed by atoms with Gasteiger partial charge in [-0.05, 0) is 5.56 Å². The summed E-state index contributed by atoms with van der Waals surface area (Å²) in [4.78, 5) is 25.1. The molecule has 0 saturated carbocycles. The lowest BCUT2D eigenvalue weighted by atomic mass is 10.0. The molecule has 0 spiro atoms. The molecule has 2 atom stereocenters. The van der Waals surface area contributed by atoms with Crippen LogP contribution in [0.15, 0.2) is 30.3 Å². The molecule has 94 valence electrons. The van der Waals surface area contributed by atoms with Gasteiger partial charge in [-0.15, -0.1) is 0 Å². The highest BCUT2D eigenvalue weighted by Crippen LogP contribution is 2.21. The summed E-state index contributed by atoms with van der Waals surface area (Å²) in [6.07, 6.45) is 0. The average molecular weight is 245 g/mol. The molecule has 2 saturated heterocycles. The fraction of sp³-hybridized carbons (Fsp3) is 0.385. The molecule has 2 aliphatic heterocycles. The highest BCUT2D eigenvalue weighted by molar-refractivity contribution is 5.98. The number of carbonyl (C=O) groups is 2. The number of amides is 3. The first-order valence-corrected chi connectivity index (χ1v) is 6.10. The third kappa shape index (κ3) is 2.09. The molecule has 3 amide bonds. The first kappa shape index (κ1) is 11.2. The molecule has 2 heterocycles. The van der Waals surface area contributed by atoms with E-state index >= 15 is 0 Å². The van der Waals surface area contributed by atoms with Crippen LogP contribution in [0.4, 0.5) is 4.79 Å². The SMILES string of the molecule is O=C1NC(=O)[C@@H]2CN(Cc3ccccc3)C[C@@H]2N1. The van der Waals surface area contributed by atoms with Crippen molar-refractivity contribution in [2.75, 3.05) is 13.1 Å². The van der Waals surface area contributed by atoms with Crippen molar-refractivity contribution in [2.24, 2.45) is 5.92 Å². The molecule has 5 heteroatoms. The molecule has 0 unspecified atom stereocenters. The van der Waals surface area contributed by atoms with Crippen molar-refractivity contribution >= 4 is 11.9 Å². The van der Waals surface area contributed by atoms with Crippen LogP contribution in [0.3, 0.4) is 0 Å².